The van der Waals surface area contributed by atoms with E-state index in [1.54, 1.807) is 37.3 Å². The minimum atomic E-state index is -2.72. The van der Waals surface area contributed by atoms with Gasteiger partial charge < -0.3 is 9.73 Å². The van der Waals surface area contributed by atoms with E-state index in [0.29, 0.717) is 16.6 Å². The first-order chi connectivity index (χ1) is 14.1. The van der Waals surface area contributed by atoms with Crippen LogP contribution in [0.4, 0.5) is 8.78 Å². The Balaban J connectivity index is 1.53. The molecule has 5 nitrogen and oxygen atoms in total. The molecule has 0 radical (unpaired) electrons. The van der Waals surface area contributed by atoms with Crippen LogP contribution in [-0.2, 0) is 0 Å². The van der Waals surface area contributed by atoms with Crippen LogP contribution in [0.15, 0.2) is 71.3 Å². The van der Waals surface area contributed by atoms with E-state index in [0.717, 1.165) is 10.1 Å². The summed E-state index contributed by atoms with van der Waals surface area (Å²) in [5.74, 6) is -0.411. The van der Waals surface area contributed by atoms with Crippen molar-refractivity contribution in [3.63, 3.8) is 0 Å². The smallest absolute Gasteiger partial charge is 0.320 e. The molecule has 0 spiro atoms. The molecule has 1 atom stereocenters. The van der Waals surface area contributed by atoms with Gasteiger partial charge in [0.05, 0.1) is 17.3 Å². The second kappa shape index (κ2) is 7.87. The molecule has 0 aliphatic heterocycles. The Hall–Kier alpha value is -3.48. The lowest BCUT2D eigenvalue weighted by Crippen LogP contribution is -2.28. The lowest BCUT2D eigenvalue weighted by atomic mass is 10.1. The molecule has 1 N–H and O–H groups in total. The van der Waals surface area contributed by atoms with Gasteiger partial charge in [0, 0.05) is 18.0 Å². The average Bonchev–Trinajstić information content (AvgIpc) is 3.37. The maximum Gasteiger partial charge on any atom is 0.320 e. The molecule has 1 amide bonds. The molecule has 4 aromatic rings. The molecule has 0 bridgehead atoms. The van der Waals surface area contributed by atoms with Gasteiger partial charge in [0.1, 0.15) is 5.82 Å². The van der Waals surface area contributed by atoms with E-state index >= 15 is 0 Å². The number of nitrogens with zero attached hydrogens (tertiary/aromatic N) is 2. The van der Waals surface area contributed by atoms with Crippen LogP contribution >= 0.6 is 0 Å². The highest BCUT2D eigenvalue weighted by Crippen LogP contribution is 2.28. The van der Waals surface area contributed by atoms with E-state index in [9.17, 15) is 13.6 Å². The van der Waals surface area contributed by atoms with Crippen LogP contribution in [0, 0.1) is 0 Å². The number of amides is 1. The number of carbonyl (C=O) groups excluding carboxylic acids is 1. The fourth-order valence-electron chi connectivity index (χ4n) is 3.36. The highest BCUT2D eigenvalue weighted by Gasteiger charge is 2.23. The molecule has 2 aromatic carbocycles. The first kappa shape index (κ1) is 18.9. The molecular formula is C22H19F2N3O2. The number of carbonyl (C=O) groups is 1. The Morgan fingerprint density at radius 3 is 2.59 bits per heavy atom. The highest BCUT2D eigenvalue weighted by atomic mass is 19.3. The summed E-state index contributed by atoms with van der Waals surface area (Å²) < 4.78 is 33.6. The van der Waals surface area contributed by atoms with Crippen molar-refractivity contribution in [1.82, 2.24) is 14.9 Å². The monoisotopic (exact) mass is 395 g/mol. The Kier molecular flexibility index (Phi) is 5.12. The van der Waals surface area contributed by atoms with Gasteiger partial charge in [0.2, 0.25) is 0 Å². The first-order valence-electron chi connectivity index (χ1n) is 9.22. The average molecular weight is 395 g/mol. The molecule has 0 fully saturated rings. The van der Waals surface area contributed by atoms with Crippen LogP contribution in [0.3, 0.4) is 0 Å². The molecular weight excluding hydrogens is 376 g/mol. The number of rotatable bonds is 6. The number of benzene rings is 2. The summed E-state index contributed by atoms with van der Waals surface area (Å²) in [5.41, 5.74) is 2.40. The largest absolute Gasteiger partial charge is 0.459 e. The Labute approximate surface area is 166 Å². The molecule has 0 aliphatic rings. The number of furan rings is 1. The van der Waals surface area contributed by atoms with Crippen molar-refractivity contribution in [2.45, 2.75) is 19.4 Å². The van der Waals surface area contributed by atoms with Gasteiger partial charge in [0.25, 0.3) is 5.91 Å². The standard InChI is InChI=1S/C22H19F2N3O2/c1-14(20-26-17-9-5-6-10-18(17)27(20)22(23)24)13-25-21(28)19-16(11-12-29-19)15-7-3-2-4-8-15/h2-12,14,22H,13H2,1H3,(H,25,28)/t14-/m1/s1. The predicted molar refractivity (Wildman–Crippen MR) is 106 cm³/mol. The summed E-state index contributed by atoms with van der Waals surface area (Å²) in [7, 11) is 0. The zero-order valence-electron chi connectivity index (χ0n) is 15.7. The molecule has 2 heterocycles. The maximum absolute atomic E-state index is 13.6. The number of aromatic nitrogens is 2. The van der Waals surface area contributed by atoms with Crippen LogP contribution in [0.5, 0.6) is 0 Å². The molecule has 148 valence electrons. The van der Waals surface area contributed by atoms with E-state index in [4.69, 9.17) is 4.42 Å². The summed E-state index contributed by atoms with van der Waals surface area (Å²) >= 11 is 0. The Morgan fingerprint density at radius 2 is 1.83 bits per heavy atom. The van der Waals surface area contributed by atoms with Crippen molar-refractivity contribution in [1.29, 1.82) is 0 Å². The number of fused-ring (bicyclic) bond motifs is 1. The second-order valence-electron chi connectivity index (χ2n) is 6.75. The van der Waals surface area contributed by atoms with Crippen molar-refractivity contribution in [2.75, 3.05) is 6.54 Å². The number of nitrogens with one attached hydrogen (secondary N) is 1. The third kappa shape index (κ3) is 3.63. The molecule has 2 aromatic heterocycles. The van der Waals surface area contributed by atoms with Crippen LogP contribution in [0.1, 0.15) is 35.8 Å². The molecule has 0 unspecified atom stereocenters. The second-order valence-corrected chi connectivity index (χ2v) is 6.75. The molecule has 0 saturated heterocycles. The van der Waals surface area contributed by atoms with Crippen molar-refractivity contribution in [3.05, 3.63) is 78.5 Å². The van der Waals surface area contributed by atoms with Gasteiger partial charge in [-0.2, -0.15) is 8.78 Å². The molecule has 29 heavy (non-hydrogen) atoms. The summed E-state index contributed by atoms with van der Waals surface area (Å²) in [5, 5.41) is 2.77. The Morgan fingerprint density at radius 1 is 1.10 bits per heavy atom. The van der Waals surface area contributed by atoms with Gasteiger partial charge in [-0.05, 0) is 23.8 Å². The van der Waals surface area contributed by atoms with Crippen molar-refractivity contribution in [3.8, 4) is 11.1 Å². The molecule has 7 heteroatoms. The minimum absolute atomic E-state index is 0.143. The van der Waals surface area contributed by atoms with E-state index in [1.807, 2.05) is 30.3 Å². The summed E-state index contributed by atoms with van der Waals surface area (Å²) in [6.07, 6.45) is 1.46. The van der Waals surface area contributed by atoms with Crippen molar-refractivity contribution < 1.29 is 18.0 Å². The van der Waals surface area contributed by atoms with Gasteiger partial charge in [-0.3, -0.25) is 9.36 Å². The van der Waals surface area contributed by atoms with E-state index in [2.05, 4.69) is 10.3 Å². The van der Waals surface area contributed by atoms with Crippen LogP contribution < -0.4 is 5.32 Å². The van der Waals surface area contributed by atoms with E-state index < -0.39 is 18.4 Å². The third-order valence-corrected chi connectivity index (χ3v) is 4.78. The van der Waals surface area contributed by atoms with Crippen molar-refractivity contribution >= 4 is 16.9 Å². The van der Waals surface area contributed by atoms with Crippen LogP contribution in [-0.4, -0.2) is 22.0 Å². The van der Waals surface area contributed by atoms with Crippen LogP contribution in [0.2, 0.25) is 0 Å². The minimum Gasteiger partial charge on any atom is -0.459 e. The fourth-order valence-corrected chi connectivity index (χ4v) is 3.36. The highest BCUT2D eigenvalue weighted by molar-refractivity contribution is 5.98. The number of imidazole rings is 1. The quantitative estimate of drug-likeness (QED) is 0.487. The SMILES string of the molecule is C[C@H](CNC(=O)c1occc1-c1ccccc1)c1nc2ccccc2n1C(F)F. The number of hydrogen-bond acceptors (Lipinski definition) is 3. The number of hydrogen-bond donors (Lipinski definition) is 1. The van der Waals surface area contributed by atoms with Crippen LogP contribution in [0.25, 0.3) is 22.2 Å². The lowest BCUT2D eigenvalue weighted by molar-refractivity contribution is 0.0703. The number of halogens is 2. The Bertz CT molecular complexity index is 1140. The zero-order valence-corrected chi connectivity index (χ0v) is 15.7. The summed E-state index contributed by atoms with van der Waals surface area (Å²) in [6.45, 7) is -0.824. The summed E-state index contributed by atoms with van der Waals surface area (Å²) in [4.78, 5) is 17.0. The molecule has 4 rings (SSSR count). The summed E-state index contributed by atoms with van der Waals surface area (Å²) in [6, 6.07) is 17.9. The zero-order chi connectivity index (χ0) is 20.4. The number of alkyl halides is 2. The third-order valence-electron chi connectivity index (χ3n) is 4.78. The van der Waals surface area contributed by atoms with Crippen molar-refractivity contribution in [2.24, 2.45) is 0 Å². The predicted octanol–water partition coefficient (Wildman–Crippen LogP) is 5.22. The first-order valence-corrected chi connectivity index (χ1v) is 9.22. The van der Waals surface area contributed by atoms with Gasteiger partial charge in [0.15, 0.2) is 5.76 Å². The van der Waals surface area contributed by atoms with Gasteiger partial charge in [-0.25, -0.2) is 4.98 Å². The molecule has 0 aliphatic carbocycles. The maximum atomic E-state index is 13.6. The van der Waals surface area contributed by atoms with E-state index in [-0.39, 0.29) is 18.1 Å². The number of para-hydroxylation sites is 2. The molecule has 0 saturated carbocycles. The lowest BCUT2D eigenvalue weighted by Gasteiger charge is -2.15. The normalized spacial score (nSPS) is 12.4. The fraction of sp³-hybridized carbons (Fsp3) is 0.182. The topological polar surface area (TPSA) is 60.1 Å². The van der Waals surface area contributed by atoms with E-state index in [1.165, 1.54) is 6.26 Å². The van der Waals surface area contributed by atoms with Gasteiger partial charge in [-0.1, -0.05) is 49.4 Å². The van der Waals surface area contributed by atoms with Gasteiger partial charge in [-0.15, -0.1) is 0 Å². The van der Waals surface area contributed by atoms with Gasteiger partial charge >= 0.3 is 6.55 Å².